The Balaban J connectivity index is 2.06. The van der Waals surface area contributed by atoms with E-state index >= 15 is 0 Å². The Kier molecular flexibility index (Phi) is 7.02. The first-order chi connectivity index (χ1) is 8.33. The van der Waals surface area contributed by atoms with Gasteiger partial charge >= 0.3 is 0 Å². The summed E-state index contributed by atoms with van der Waals surface area (Å²) in [6.07, 6.45) is 2.81. The van der Waals surface area contributed by atoms with Crippen LogP contribution in [0.4, 0.5) is 5.69 Å². The summed E-state index contributed by atoms with van der Waals surface area (Å²) in [5.74, 6) is -0.0293. The van der Waals surface area contributed by atoms with Gasteiger partial charge < -0.3 is 15.7 Å². The second kappa shape index (κ2) is 8.73. The second-order valence-electron chi connectivity index (χ2n) is 3.88. The van der Waals surface area contributed by atoms with E-state index in [1.54, 1.807) is 0 Å². The monoisotopic (exact) mass is 236 g/mol. The molecular weight excluding hydrogens is 216 g/mol. The van der Waals surface area contributed by atoms with Gasteiger partial charge in [-0.15, -0.1) is 0 Å². The molecule has 1 aromatic carbocycles. The Labute approximate surface area is 102 Å². The molecule has 94 valence electrons. The van der Waals surface area contributed by atoms with Crippen LogP contribution < -0.4 is 10.6 Å². The Morgan fingerprint density at radius 3 is 2.59 bits per heavy atom. The molecule has 0 fully saturated rings. The van der Waals surface area contributed by atoms with Crippen molar-refractivity contribution >= 4 is 11.6 Å². The van der Waals surface area contributed by atoms with Gasteiger partial charge in [-0.1, -0.05) is 18.2 Å². The number of anilines is 1. The smallest absolute Gasteiger partial charge is 0.238 e. The van der Waals surface area contributed by atoms with Crippen LogP contribution in [0, 0.1) is 0 Å². The topological polar surface area (TPSA) is 61.4 Å². The molecule has 17 heavy (non-hydrogen) atoms. The lowest BCUT2D eigenvalue weighted by Gasteiger charge is -2.06. The minimum atomic E-state index is -0.0293. The number of para-hydroxylation sites is 1. The molecule has 0 heterocycles. The average molecular weight is 236 g/mol. The first-order valence-corrected chi connectivity index (χ1v) is 5.99. The standard InChI is InChI=1S/C13H20N2O2/c16-10-6-2-5-9-14-11-13(17)15-12-7-3-1-4-8-12/h1,3-4,7-8,14,16H,2,5-6,9-11H2,(H,15,17). The minimum Gasteiger partial charge on any atom is -0.396 e. The van der Waals surface area contributed by atoms with Crippen LogP contribution in [0.1, 0.15) is 19.3 Å². The third-order valence-electron chi connectivity index (χ3n) is 2.35. The molecule has 0 aliphatic carbocycles. The summed E-state index contributed by atoms with van der Waals surface area (Å²) in [6, 6.07) is 9.41. The van der Waals surface area contributed by atoms with Crippen molar-refractivity contribution in [1.29, 1.82) is 0 Å². The first kappa shape index (κ1) is 13.7. The van der Waals surface area contributed by atoms with Gasteiger partial charge in [-0.25, -0.2) is 0 Å². The van der Waals surface area contributed by atoms with E-state index < -0.39 is 0 Å². The van der Waals surface area contributed by atoms with Crippen molar-refractivity contribution in [1.82, 2.24) is 5.32 Å². The summed E-state index contributed by atoms with van der Waals surface area (Å²) < 4.78 is 0. The second-order valence-corrected chi connectivity index (χ2v) is 3.88. The molecule has 3 N–H and O–H groups in total. The maximum Gasteiger partial charge on any atom is 0.238 e. The van der Waals surface area contributed by atoms with Gasteiger partial charge in [0.15, 0.2) is 0 Å². The van der Waals surface area contributed by atoms with Crippen molar-refractivity contribution in [3.8, 4) is 0 Å². The SMILES string of the molecule is O=C(CNCCCCCO)Nc1ccccc1. The fraction of sp³-hybridized carbons (Fsp3) is 0.462. The molecule has 0 aliphatic rings. The van der Waals surface area contributed by atoms with Crippen molar-refractivity contribution in [2.75, 3.05) is 25.0 Å². The molecule has 4 heteroatoms. The Hall–Kier alpha value is -1.39. The van der Waals surface area contributed by atoms with E-state index in [1.807, 2.05) is 30.3 Å². The van der Waals surface area contributed by atoms with Gasteiger partial charge in [0.1, 0.15) is 0 Å². The summed E-state index contributed by atoms with van der Waals surface area (Å²) in [5, 5.41) is 14.5. The van der Waals surface area contributed by atoms with Crippen LogP contribution in [-0.2, 0) is 4.79 Å². The molecule has 0 aromatic heterocycles. The molecule has 0 saturated carbocycles. The molecular formula is C13H20N2O2. The van der Waals surface area contributed by atoms with Gasteiger partial charge in [-0.2, -0.15) is 0 Å². The zero-order chi connectivity index (χ0) is 12.3. The zero-order valence-electron chi connectivity index (χ0n) is 9.98. The van der Waals surface area contributed by atoms with Gasteiger partial charge in [0.25, 0.3) is 0 Å². The third-order valence-corrected chi connectivity index (χ3v) is 2.35. The van der Waals surface area contributed by atoms with Crippen LogP contribution in [-0.4, -0.2) is 30.7 Å². The molecule has 0 radical (unpaired) electrons. The highest BCUT2D eigenvalue weighted by atomic mass is 16.2. The Bertz CT molecular complexity index is 314. The van der Waals surface area contributed by atoms with E-state index in [-0.39, 0.29) is 12.5 Å². The molecule has 0 unspecified atom stereocenters. The van der Waals surface area contributed by atoms with Gasteiger partial charge in [0, 0.05) is 12.3 Å². The maximum atomic E-state index is 11.5. The summed E-state index contributed by atoms with van der Waals surface area (Å²) in [5.41, 5.74) is 0.819. The molecule has 0 saturated heterocycles. The van der Waals surface area contributed by atoms with Crippen molar-refractivity contribution < 1.29 is 9.90 Å². The number of carbonyl (C=O) groups excluding carboxylic acids is 1. The van der Waals surface area contributed by atoms with Gasteiger partial charge in [0.2, 0.25) is 5.91 Å². The van der Waals surface area contributed by atoms with E-state index in [4.69, 9.17) is 5.11 Å². The molecule has 0 aliphatic heterocycles. The highest BCUT2D eigenvalue weighted by Gasteiger charge is 2.00. The molecule has 1 rings (SSSR count). The van der Waals surface area contributed by atoms with Crippen LogP contribution in [0.25, 0.3) is 0 Å². The van der Waals surface area contributed by atoms with Crippen LogP contribution in [0.2, 0.25) is 0 Å². The predicted octanol–water partition coefficient (Wildman–Crippen LogP) is 1.38. The lowest BCUT2D eigenvalue weighted by molar-refractivity contribution is -0.115. The molecule has 0 bridgehead atoms. The number of aliphatic hydroxyl groups excluding tert-OH is 1. The molecule has 0 spiro atoms. The number of carbonyl (C=O) groups is 1. The zero-order valence-corrected chi connectivity index (χ0v) is 9.98. The largest absolute Gasteiger partial charge is 0.396 e. The summed E-state index contributed by atoms with van der Waals surface area (Å²) in [4.78, 5) is 11.5. The minimum absolute atomic E-state index is 0.0293. The van der Waals surface area contributed by atoms with E-state index in [2.05, 4.69) is 10.6 Å². The van der Waals surface area contributed by atoms with Crippen LogP contribution >= 0.6 is 0 Å². The predicted molar refractivity (Wildman–Crippen MR) is 68.9 cm³/mol. The van der Waals surface area contributed by atoms with Crippen LogP contribution in [0.15, 0.2) is 30.3 Å². The number of rotatable bonds is 8. The highest BCUT2D eigenvalue weighted by molar-refractivity contribution is 5.92. The van der Waals surface area contributed by atoms with E-state index in [0.29, 0.717) is 6.54 Å². The lowest BCUT2D eigenvalue weighted by atomic mass is 10.2. The van der Waals surface area contributed by atoms with Crippen molar-refractivity contribution in [3.63, 3.8) is 0 Å². The summed E-state index contributed by atoms with van der Waals surface area (Å²) >= 11 is 0. The molecule has 0 atom stereocenters. The fourth-order valence-electron chi connectivity index (χ4n) is 1.47. The van der Waals surface area contributed by atoms with Crippen LogP contribution in [0.5, 0.6) is 0 Å². The number of benzene rings is 1. The number of unbranched alkanes of at least 4 members (excludes halogenated alkanes) is 2. The van der Waals surface area contributed by atoms with Crippen molar-refractivity contribution in [2.45, 2.75) is 19.3 Å². The van der Waals surface area contributed by atoms with E-state index in [9.17, 15) is 4.79 Å². The van der Waals surface area contributed by atoms with Gasteiger partial charge in [-0.05, 0) is 37.9 Å². The maximum absolute atomic E-state index is 11.5. The summed E-state index contributed by atoms with van der Waals surface area (Å²) in [7, 11) is 0. The normalized spacial score (nSPS) is 10.2. The number of nitrogens with one attached hydrogen (secondary N) is 2. The number of hydrogen-bond acceptors (Lipinski definition) is 3. The van der Waals surface area contributed by atoms with Gasteiger partial charge in [0.05, 0.1) is 6.54 Å². The molecule has 1 aromatic rings. The Morgan fingerprint density at radius 2 is 1.88 bits per heavy atom. The quantitative estimate of drug-likeness (QED) is 0.598. The summed E-state index contributed by atoms with van der Waals surface area (Å²) in [6.45, 7) is 1.38. The lowest BCUT2D eigenvalue weighted by Crippen LogP contribution is -2.28. The number of aliphatic hydroxyl groups is 1. The number of amides is 1. The van der Waals surface area contributed by atoms with E-state index in [1.165, 1.54) is 0 Å². The Morgan fingerprint density at radius 1 is 1.12 bits per heavy atom. The first-order valence-electron chi connectivity index (χ1n) is 5.99. The third kappa shape index (κ3) is 6.71. The molecule has 1 amide bonds. The number of hydrogen-bond donors (Lipinski definition) is 3. The molecule has 4 nitrogen and oxygen atoms in total. The van der Waals surface area contributed by atoms with Crippen molar-refractivity contribution in [2.24, 2.45) is 0 Å². The van der Waals surface area contributed by atoms with E-state index in [0.717, 1.165) is 31.5 Å². The van der Waals surface area contributed by atoms with Gasteiger partial charge in [-0.3, -0.25) is 4.79 Å². The highest BCUT2D eigenvalue weighted by Crippen LogP contribution is 2.03. The van der Waals surface area contributed by atoms with Crippen LogP contribution in [0.3, 0.4) is 0 Å². The fourth-order valence-corrected chi connectivity index (χ4v) is 1.47. The average Bonchev–Trinajstić information content (AvgIpc) is 2.35. The van der Waals surface area contributed by atoms with Crippen molar-refractivity contribution in [3.05, 3.63) is 30.3 Å².